The average molecular weight is 386 g/mol. The van der Waals surface area contributed by atoms with Crippen LogP contribution < -0.4 is 0 Å². The number of hydrogen-bond donors (Lipinski definition) is 1. The van der Waals surface area contributed by atoms with Gasteiger partial charge < -0.3 is 19.6 Å². The van der Waals surface area contributed by atoms with E-state index in [9.17, 15) is 14.4 Å². The first kappa shape index (κ1) is 18.9. The second-order valence-corrected chi connectivity index (χ2v) is 8.14. The van der Waals surface area contributed by atoms with Crippen molar-refractivity contribution in [2.24, 2.45) is 5.92 Å². The minimum absolute atomic E-state index is 0.0101. The predicted molar refractivity (Wildman–Crippen MR) is 101 cm³/mol. The quantitative estimate of drug-likeness (QED) is 0.817. The van der Waals surface area contributed by atoms with Crippen molar-refractivity contribution in [3.05, 3.63) is 35.4 Å². The Morgan fingerprint density at radius 2 is 2.11 bits per heavy atom. The first-order valence-corrected chi connectivity index (χ1v) is 9.87. The summed E-state index contributed by atoms with van der Waals surface area (Å²) in [5, 5.41) is 8.98. The minimum atomic E-state index is -1.06. The van der Waals surface area contributed by atoms with Crippen molar-refractivity contribution in [1.82, 2.24) is 9.80 Å². The van der Waals surface area contributed by atoms with Gasteiger partial charge in [0.05, 0.1) is 12.7 Å². The standard InChI is InChI=1S/C21H26N2O5/c1-14(24)23(13-19(25)26)12-16-11-22(8-9-28-16)20(27)18-10-21(18)7-6-15-4-2-3-5-17(15)21/h2-5,16,18H,6-13H2,1H3,(H,25,26). The molecule has 2 fully saturated rings. The van der Waals surface area contributed by atoms with Crippen molar-refractivity contribution in [2.75, 3.05) is 32.8 Å². The Balaban J connectivity index is 1.40. The van der Waals surface area contributed by atoms with Crippen LogP contribution >= 0.6 is 0 Å². The third kappa shape index (κ3) is 3.39. The molecule has 1 spiro atoms. The van der Waals surface area contributed by atoms with Gasteiger partial charge in [0.1, 0.15) is 6.54 Å². The topological polar surface area (TPSA) is 87.2 Å². The smallest absolute Gasteiger partial charge is 0.323 e. The van der Waals surface area contributed by atoms with Crippen LogP contribution in [0.2, 0.25) is 0 Å². The van der Waals surface area contributed by atoms with E-state index in [0.717, 1.165) is 19.3 Å². The first-order valence-electron chi connectivity index (χ1n) is 9.87. The molecule has 4 rings (SSSR count). The number of rotatable bonds is 5. The summed E-state index contributed by atoms with van der Waals surface area (Å²) in [4.78, 5) is 38.9. The van der Waals surface area contributed by atoms with Crippen molar-refractivity contribution in [2.45, 2.75) is 37.7 Å². The molecule has 0 aromatic heterocycles. The lowest BCUT2D eigenvalue weighted by molar-refractivity contribution is -0.148. The molecule has 1 aliphatic heterocycles. The molecule has 1 saturated heterocycles. The van der Waals surface area contributed by atoms with E-state index < -0.39 is 5.97 Å². The molecule has 3 atom stereocenters. The van der Waals surface area contributed by atoms with Gasteiger partial charge in [0, 0.05) is 37.9 Å². The Morgan fingerprint density at radius 1 is 1.32 bits per heavy atom. The molecule has 7 heteroatoms. The summed E-state index contributed by atoms with van der Waals surface area (Å²) < 4.78 is 5.71. The molecular weight excluding hydrogens is 360 g/mol. The maximum absolute atomic E-state index is 13.2. The van der Waals surface area contributed by atoms with E-state index in [2.05, 4.69) is 24.3 Å². The molecule has 0 radical (unpaired) electrons. The highest BCUT2D eigenvalue weighted by Gasteiger charge is 2.62. The van der Waals surface area contributed by atoms with Gasteiger partial charge >= 0.3 is 5.97 Å². The fraction of sp³-hybridized carbons (Fsp3) is 0.571. The third-order valence-electron chi connectivity index (χ3n) is 6.41. The molecule has 1 heterocycles. The Bertz CT molecular complexity index is 810. The number of nitrogens with zero attached hydrogens (tertiary/aromatic N) is 2. The number of carboxylic acids is 1. The van der Waals surface area contributed by atoms with Gasteiger partial charge in [-0.05, 0) is 30.4 Å². The van der Waals surface area contributed by atoms with Crippen LogP contribution in [0.1, 0.15) is 30.9 Å². The summed E-state index contributed by atoms with van der Waals surface area (Å²) >= 11 is 0. The number of ether oxygens (including phenoxy) is 1. The number of carbonyl (C=O) groups excluding carboxylic acids is 2. The number of benzene rings is 1. The van der Waals surface area contributed by atoms with Crippen LogP contribution in [0.3, 0.4) is 0 Å². The maximum atomic E-state index is 13.2. The molecule has 1 saturated carbocycles. The molecule has 2 amide bonds. The SMILES string of the molecule is CC(=O)N(CC(=O)O)CC1CN(C(=O)C2CC23CCc2ccccc23)CCO1. The second kappa shape index (κ2) is 7.20. The largest absolute Gasteiger partial charge is 0.480 e. The van der Waals surface area contributed by atoms with Gasteiger partial charge in [-0.15, -0.1) is 0 Å². The van der Waals surface area contributed by atoms with Crippen LogP contribution in [-0.2, 0) is 31.0 Å². The zero-order chi connectivity index (χ0) is 19.9. The molecule has 1 aromatic rings. The highest BCUT2D eigenvalue weighted by molar-refractivity contribution is 5.85. The molecular formula is C21H26N2O5. The van der Waals surface area contributed by atoms with Crippen LogP contribution in [0, 0.1) is 5.92 Å². The first-order chi connectivity index (χ1) is 13.4. The van der Waals surface area contributed by atoms with Crippen molar-refractivity contribution in [3.63, 3.8) is 0 Å². The molecule has 150 valence electrons. The molecule has 1 aromatic carbocycles. The number of amides is 2. The normalized spacial score (nSPS) is 28.1. The van der Waals surface area contributed by atoms with E-state index in [1.54, 1.807) is 0 Å². The monoisotopic (exact) mass is 386 g/mol. The Morgan fingerprint density at radius 3 is 2.86 bits per heavy atom. The molecule has 1 N–H and O–H groups in total. The predicted octanol–water partition coefficient (Wildman–Crippen LogP) is 1.05. The number of aliphatic carboxylic acids is 1. The van der Waals surface area contributed by atoms with Gasteiger partial charge in [0.15, 0.2) is 0 Å². The second-order valence-electron chi connectivity index (χ2n) is 8.14. The highest BCUT2D eigenvalue weighted by atomic mass is 16.5. The van der Waals surface area contributed by atoms with Gasteiger partial charge in [0.25, 0.3) is 0 Å². The van der Waals surface area contributed by atoms with Crippen molar-refractivity contribution in [1.29, 1.82) is 0 Å². The van der Waals surface area contributed by atoms with Gasteiger partial charge in [-0.25, -0.2) is 0 Å². The fourth-order valence-corrected chi connectivity index (χ4v) is 4.88. The van der Waals surface area contributed by atoms with Crippen LogP contribution in [0.5, 0.6) is 0 Å². The summed E-state index contributed by atoms with van der Waals surface area (Å²) in [6, 6.07) is 8.43. The number of carbonyl (C=O) groups is 3. The summed E-state index contributed by atoms with van der Waals surface area (Å²) in [5.74, 6) is -1.17. The molecule has 2 aliphatic carbocycles. The number of fused-ring (bicyclic) bond motifs is 2. The fourth-order valence-electron chi connectivity index (χ4n) is 4.88. The maximum Gasteiger partial charge on any atom is 0.323 e. The summed E-state index contributed by atoms with van der Waals surface area (Å²) in [7, 11) is 0. The summed E-state index contributed by atoms with van der Waals surface area (Å²) in [6.45, 7) is 2.53. The van der Waals surface area contributed by atoms with Gasteiger partial charge in [-0.2, -0.15) is 0 Å². The number of hydrogen-bond acceptors (Lipinski definition) is 4. The molecule has 7 nitrogen and oxygen atoms in total. The molecule has 28 heavy (non-hydrogen) atoms. The van der Waals surface area contributed by atoms with Crippen LogP contribution in [0.25, 0.3) is 0 Å². The summed E-state index contributed by atoms with van der Waals surface area (Å²) in [5.41, 5.74) is 2.71. The van der Waals surface area contributed by atoms with E-state index in [4.69, 9.17) is 9.84 Å². The van der Waals surface area contributed by atoms with Gasteiger partial charge in [0.2, 0.25) is 11.8 Å². The van der Waals surface area contributed by atoms with E-state index in [1.807, 2.05) is 4.90 Å². The third-order valence-corrected chi connectivity index (χ3v) is 6.41. The van der Waals surface area contributed by atoms with Crippen molar-refractivity contribution in [3.8, 4) is 0 Å². The average Bonchev–Trinajstić information content (AvgIpc) is 3.29. The highest BCUT2D eigenvalue weighted by Crippen LogP contribution is 2.62. The number of aryl methyl sites for hydroxylation is 1. The van der Waals surface area contributed by atoms with Crippen LogP contribution in [0.4, 0.5) is 0 Å². The van der Waals surface area contributed by atoms with E-state index in [1.165, 1.54) is 23.0 Å². The van der Waals surface area contributed by atoms with Crippen molar-refractivity contribution >= 4 is 17.8 Å². The van der Waals surface area contributed by atoms with Crippen LogP contribution in [-0.4, -0.2) is 71.6 Å². The lowest BCUT2D eigenvalue weighted by Crippen LogP contribution is -2.51. The summed E-state index contributed by atoms with van der Waals surface area (Å²) in [6.07, 6.45) is 2.62. The van der Waals surface area contributed by atoms with E-state index >= 15 is 0 Å². The lowest BCUT2D eigenvalue weighted by Gasteiger charge is -2.35. The Kier molecular flexibility index (Phi) is 4.87. The lowest BCUT2D eigenvalue weighted by atomic mass is 9.95. The van der Waals surface area contributed by atoms with Crippen LogP contribution in [0.15, 0.2) is 24.3 Å². The van der Waals surface area contributed by atoms with E-state index in [0.29, 0.717) is 19.7 Å². The van der Waals surface area contributed by atoms with Crippen molar-refractivity contribution < 1.29 is 24.2 Å². The Labute approximate surface area is 164 Å². The van der Waals surface area contributed by atoms with Gasteiger partial charge in [-0.1, -0.05) is 24.3 Å². The Hall–Kier alpha value is -2.41. The minimum Gasteiger partial charge on any atom is -0.480 e. The van der Waals surface area contributed by atoms with E-state index in [-0.39, 0.29) is 42.3 Å². The number of morpholine rings is 1. The van der Waals surface area contributed by atoms with Gasteiger partial charge in [-0.3, -0.25) is 14.4 Å². The number of carboxylic acid groups (broad SMARTS) is 1. The molecule has 3 unspecified atom stereocenters. The molecule has 0 bridgehead atoms. The molecule has 3 aliphatic rings. The zero-order valence-corrected chi connectivity index (χ0v) is 16.1. The zero-order valence-electron chi connectivity index (χ0n) is 16.1.